The van der Waals surface area contributed by atoms with Crippen LogP contribution in [-0.4, -0.2) is 61.0 Å². The van der Waals surface area contributed by atoms with Gasteiger partial charge >= 0.3 is 0 Å². The topological polar surface area (TPSA) is 76.5 Å². The van der Waals surface area contributed by atoms with Gasteiger partial charge in [0.15, 0.2) is 0 Å². The summed E-state index contributed by atoms with van der Waals surface area (Å²) in [5, 5.41) is 4.18. The van der Waals surface area contributed by atoms with Crippen LogP contribution in [0.2, 0.25) is 0 Å². The second-order valence-electron chi connectivity index (χ2n) is 7.21. The molecule has 3 atom stereocenters. The number of nitrogens with one attached hydrogen (secondary N) is 1. The predicted molar refractivity (Wildman–Crippen MR) is 97.8 cm³/mol. The van der Waals surface area contributed by atoms with Crippen LogP contribution < -0.4 is 4.72 Å². The fraction of sp³-hybridized carbons (Fsp3) is 0.500. The fourth-order valence-electron chi connectivity index (χ4n) is 3.85. The second-order valence-corrected chi connectivity index (χ2v) is 8.89. The van der Waals surface area contributed by atoms with E-state index in [2.05, 4.69) is 21.6 Å². The van der Waals surface area contributed by atoms with Gasteiger partial charge in [-0.1, -0.05) is 6.07 Å². The van der Waals surface area contributed by atoms with Crippen LogP contribution in [0, 0.1) is 6.92 Å². The molecule has 3 heterocycles. The maximum Gasteiger partial charge on any atom is 0.241 e. The number of ether oxygens (including phenoxy) is 1. The van der Waals surface area contributed by atoms with Crippen molar-refractivity contribution in [2.45, 2.75) is 43.4 Å². The largest absolute Gasteiger partial charge is 0.376 e. The minimum atomic E-state index is -3.60. The van der Waals surface area contributed by atoms with Gasteiger partial charge in [-0.05, 0) is 44.0 Å². The number of morpholine rings is 1. The number of rotatable bonds is 4. The minimum absolute atomic E-state index is 0.0911. The Labute approximate surface area is 154 Å². The van der Waals surface area contributed by atoms with E-state index < -0.39 is 10.0 Å². The second kappa shape index (κ2) is 6.77. The van der Waals surface area contributed by atoms with E-state index in [-0.39, 0.29) is 12.1 Å². The van der Waals surface area contributed by atoms with Crippen LogP contribution in [0.1, 0.15) is 18.9 Å². The Bertz CT molecular complexity index is 882. The van der Waals surface area contributed by atoms with Gasteiger partial charge in [0.1, 0.15) is 0 Å². The lowest BCUT2D eigenvalue weighted by Crippen LogP contribution is -2.45. The highest BCUT2D eigenvalue weighted by Crippen LogP contribution is 2.25. The average molecular weight is 376 g/mol. The van der Waals surface area contributed by atoms with Crippen LogP contribution in [0.5, 0.6) is 0 Å². The van der Waals surface area contributed by atoms with Crippen LogP contribution >= 0.6 is 0 Å². The maximum atomic E-state index is 13.0. The van der Waals surface area contributed by atoms with Crippen molar-refractivity contribution in [3.05, 3.63) is 42.2 Å². The number of sulfonamides is 1. The zero-order chi connectivity index (χ0) is 18.3. The fourth-order valence-corrected chi connectivity index (χ4v) is 5.35. The zero-order valence-electron chi connectivity index (χ0n) is 15.0. The summed E-state index contributed by atoms with van der Waals surface area (Å²) in [6.45, 7) is 6.13. The van der Waals surface area contributed by atoms with Gasteiger partial charge in [-0.3, -0.25) is 4.90 Å². The molecule has 2 saturated heterocycles. The van der Waals surface area contributed by atoms with Gasteiger partial charge in [0.05, 0.1) is 23.3 Å². The number of benzene rings is 1. The molecule has 2 fully saturated rings. The van der Waals surface area contributed by atoms with Crippen molar-refractivity contribution in [1.82, 2.24) is 19.4 Å². The summed E-state index contributed by atoms with van der Waals surface area (Å²) in [4.78, 5) is 2.63. The van der Waals surface area contributed by atoms with Crippen LogP contribution in [0.4, 0.5) is 0 Å². The van der Waals surface area contributed by atoms with Crippen molar-refractivity contribution in [3.8, 4) is 5.69 Å². The molecule has 0 aliphatic carbocycles. The Morgan fingerprint density at radius 2 is 2.15 bits per heavy atom. The van der Waals surface area contributed by atoms with E-state index in [4.69, 9.17) is 4.74 Å². The summed E-state index contributed by atoms with van der Waals surface area (Å²) in [6, 6.07) is 7.39. The Balaban J connectivity index is 1.55. The van der Waals surface area contributed by atoms with E-state index in [1.807, 2.05) is 25.1 Å². The molecule has 2 aliphatic heterocycles. The van der Waals surface area contributed by atoms with E-state index in [1.54, 1.807) is 23.1 Å². The highest BCUT2D eigenvalue weighted by molar-refractivity contribution is 7.89. The Morgan fingerprint density at radius 1 is 1.31 bits per heavy atom. The molecule has 0 radical (unpaired) electrons. The summed E-state index contributed by atoms with van der Waals surface area (Å²) in [7, 11) is -3.60. The highest BCUT2D eigenvalue weighted by Gasteiger charge is 2.38. The molecule has 0 unspecified atom stereocenters. The van der Waals surface area contributed by atoms with Crippen molar-refractivity contribution in [2.75, 3.05) is 19.7 Å². The number of aromatic nitrogens is 2. The quantitative estimate of drug-likeness (QED) is 0.871. The van der Waals surface area contributed by atoms with Gasteiger partial charge in [0, 0.05) is 37.6 Å². The molecule has 4 rings (SSSR count). The summed E-state index contributed by atoms with van der Waals surface area (Å²) >= 11 is 0. The normalized spacial score (nSPS) is 26.8. The van der Waals surface area contributed by atoms with Crippen LogP contribution in [0.15, 0.2) is 41.6 Å². The first-order chi connectivity index (χ1) is 12.4. The molecule has 26 heavy (non-hydrogen) atoms. The average Bonchev–Trinajstić information content (AvgIpc) is 3.23. The SMILES string of the molecule is Cc1ccc(-n2cccn2)cc1S(=O)(=O)N[C@@H]1C[C@H]2CO[C@@H](C)CN2C1. The number of aryl methyl sites for hydroxylation is 1. The molecule has 0 amide bonds. The standard InChI is InChI=1S/C18H24N4O3S/c1-13-4-5-16(22-7-3-6-19-22)9-18(13)26(23,24)20-15-8-17-12-25-14(2)10-21(17)11-15/h3-7,9,14-15,17,20H,8,10-12H2,1-2H3/t14-,15+,17-/m0/s1. The molecule has 1 aromatic carbocycles. The van der Waals surface area contributed by atoms with Gasteiger partial charge in [-0.2, -0.15) is 5.10 Å². The number of hydrogen-bond donors (Lipinski definition) is 1. The predicted octanol–water partition coefficient (Wildman–Crippen LogP) is 1.32. The molecular weight excluding hydrogens is 352 g/mol. The van der Waals surface area contributed by atoms with Crippen molar-refractivity contribution >= 4 is 10.0 Å². The van der Waals surface area contributed by atoms with Gasteiger partial charge in [-0.25, -0.2) is 17.8 Å². The molecule has 7 nitrogen and oxygen atoms in total. The molecule has 0 saturated carbocycles. The lowest BCUT2D eigenvalue weighted by Gasteiger charge is -2.33. The molecule has 1 aromatic heterocycles. The zero-order valence-corrected chi connectivity index (χ0v) is 15.8. The molecule has 140 valence electrons. The summed E-state index contributed by atoms with van der Waals surface area (Å²) in [5.74, 6) is 0. The number of hydrogen-bond acceptors (Lipinski definition) is 5. The van der Waals surface area contributed by atoms with Crippen molar-refractivity contribution < 1.29 is 13.2 Å². The molecule has 2 aromatic rings. The maximum absolute atomic E-state index is 13.0. The van der Waals surface area contributed by atoms with Gasteiger partial charge in [0.2, 0.25) is 10.0 Å². The summed E-state index contributed by atoms with van der Waals surface area (Å²) in [5.41, 5.74) is 1.45. The van der Waals surface area contributed by atoms with E-state index in [0.29, 0.717) is 17.5 Å². The molecule has 1 N–H and O–H groups in total. The Kier molecular flexibility index (Phi) is 4.60. The van der Waals surface area contributed by atoms with Gasteiger partial charge in [0.25, 0.3) is 0 Å². The molecule has 0 spiro atoms. The minimum Gasteiger partial charge on any atom is -0.376 e. The summed E-state index contributed by atoms with van der Waals surface area (Å²) in [6.07, 6.45) is 4.45. The van der Waals surface area contributed by atoms with Crippen LogP contribution in [-0.2, 0) is 14.8 Å². The van der Waals surface area contributed by atoms with Crippen LogP contribution in [0.3, 0.4) is 0 Å². The highest BCUT2D eigenvalue weighted by atomic mass is 32.2. The van der Waals surface area contributed by atoms with Crippen molar-refractivity contribution in [3.63, 3.8) is 0 Å². The monoisotopic (exact) mass is 376 g/mol. The molecular formula is C18H24N4O3S. The van der Waals surface area contributed by atoms with Gasteiger partial charge < -0.3 is 4.74 Å². The number of fused-ring (bicyclic) bond motifs is 1. The van der Waals surface area contributed by atoms with E-state index in [1.165, 1.54) is 0 Å². The van der Waals surface area contributed by atoms with Crippen molar-refractivity contribution in [2.24, 2.45) is 0 Å². The smallest absolute Gasteiger partial charge is 0.241 e. The molecule has 8 heteroatoms. The molecule has 2 aliphatic rings. The third-order valence-electron chi connectivity index (χ3n) is 5.14. The first-order valence-corrected chi connectivity index (χ1v) is 10.4. The first kappa shape index (κ1) is 17.7. The molecule has 0 bridgehead atoms. The third kappa shape index (κ3) is 3.42. The van der Waals surface area contributed by atoms with E-state index >= 15 is 0 Å². The summed E-state index contributed by atoms with van der Waals surface area (Å²) < 4.78 is 36.3. The lowest BCUT2D eigenvalue weighted by molar-refractivity contribution is -0.0390. The lowest BCUT2D eigenvalue weighted by atomic mass is 10.2. The number of nitrogens with zero attached hydrogens (tertiary/aromatic N) is 3. The third-order valence-corrected chi connectivity index (χ3v) is 6.81. The van der Waals surface area contributed by atoms with E-state index in [9.17, 15) is 8.42 Å². The first-order valence-electron chi connectivity index (χ1n) is 8.91. The van der Waals surface area contributed by atoms with Crippen molar-refractivity contribution in [1.29, 1.82) is 0 Å². The Morgan fingerprint density at radius 3 is 2.92 bits per heavy atom. The van der Waals surface area contributed by atoms with E-state index in [0.717, 1.165) is 30.8 Å². The van der Waals surface area contributed by atoms with Crippen LogP contribution in [0.25, 0.3) is 5.69 Å². The Hall–Kier alpha value is -1.74. The van der Waals surface area contributed by atoms with Gasteiger partial charge in [-0.15, -0.1) is 0 Å².